The summed E-state index contributed by atoms with van der Waals surface area (Å²) in [6.45, 7) is 0. The fourth-order valence-corrected chi connectivity index (χ4v) is 5.37. The highest BCUT2D eigenvalue weighted by Crippen LogP contribution is 2.33. The minimum absolute atomic E-state index is 0.0344. The molecule has 2 amide bonds. The minimum atomic E-state index is -4.40. The lowest BCUT2D eigenvalue weighted by molar-refractivity contribution is -0.117. The van der Waals surface area contributed by atoms with Crippen molar-refractivity contribution in [1.29, 1.82) is 0 Å². The van der Waals surface area contributed by atoms with E-state index >= 15 is 0 Å². The number of hydrogen-bond donors (Lipinski definition) is 1. The molecule has 11 nitrogen and oxygen atoms in total. The molecule has 1 aromatic carbocycles. The molecule has 39 heavy (non-hydrogen) atoms. The number of hydrogen-bond acceptors (Lipinski definition) is 9. The van der Waals surface area contributed by atoms with Gasteiger partial charge in [-0.2, -0.15) is 13.5 Å². The number of benzene rings is 1. The van der Waals surface area contributed by atoms with E-state index < -0.39 is 27.1 Å². The Kier molecular flexibility index (Phi) is 7.43. The van der Waals surface area contributed by atoms with Crippen molar-refractivity contribution in [3.8, 4) is 5.75 Å². The molecule has 1 fully saturated rings. The van der Waals surface area contributed by atoms with Crippen LogP contribution in [0.1, 0.15) is 29.6 Å². The first-order valence-electron chi connectivity index (χ1n) is 11.8. The van der Waals surface area contributed by atoms with Crippen molar-refractivity contribution in [3.05, 3.63) is 76.7 Å². The third-order valence-corrected chi connectivity index (χ3v) is 7.94. The molecule has 2 aromatic heterocycles. The van der Waals surface area contributed by atoms with Gasteiger partial charge in [0, 0.05) is 55.3 Å². The SMILES string of the molecule is CN(C(=O)c1cc(Cl)ccc1NC(=O)C1CC(S(=O)(=O)Oc2ccncc2)=NN1c1ncccc1Cl)C1CC1. The average Bonchev–Trinajstić information content (AvgIpc) is 3.67. The van der Waals surface area contributed by atoms with Crippen molar-refractivity contribution in [1.82, 2.24) is 14.9 Å². The molecule has 0 radical (unpaired) electrons. The van der Waals surface area contributed by atoms with Crippen LogP contribution >= 0.6 is 23.2 Å². The van der Waals surface area contributed by atoms with Crippen LogP contribution in [0.2, 0.25) is 10.0 Å². The number of pyridine rings is 2. The predicted molar refractivity (Wildman–Crippen MR) is 147 cm³/mol. The van der Waals surface area contributed by atoms with Crippen molar-refractivity contribution in [2.24, 2.45) is 5.10 Å². The third-order valence-electron chi connectivity index (χ3n) is 6.17. The van der Waals surface area contributed by atoms with Crippen LogP contribution in [0.3, 0.4) is 0 Å². The van der Waals surface area contributed by atoms with E-state index in [0.29, 0.717) is 5.02 Å². The maximum Gasteiger partial charge on any atom is 0.354 e. The van der Waals surface area contributed by atoms with E-state index in [1.165, 1.54) is 48.9 Å². The Bertz CT molecular complexity index is 1570. The summed E-state index contributed by atoms with van der Waals surface area (Å²) in [7, 11) is -2.70. The molecule has 0 saturated heterocycles. The summed E-state index contributed by atoms with van der Waals surface area (Å²) in [5.74, 6) is -0.821. The number of anilines is 2. The summed E-state index contributed by atoms with van der Waals surface area (Å²) in [5.41, 5.74) is 0.429. The van der Waals surface area contributed by atoms with Crippen molar-refractivity contribution in [2.75, 3.05) is 17.4 Å². The highest BCUT2D eigenvalue weighted by Gasteiger charge is 2.41. The van der Waals surface area contributed by atoms with Crippen LogP contribution in [0.15, 0.2) is 66.2 Å². The molecule has 0 spiro atoms. The number of hydrazone groups is 1. The van der Waals surface area contributed by atoms with Crippen LogP contribution < -0.4 is 14.5 Å². The molecule has 2 aliphatic rings. The standard InChI is InChI=1S/C25H22Cl2N6O5S/c1-32(16-5-6-16)25(35)18-13-15(26)4-7-20(18)30-24(34)21-14-22(31-33(21)23-19(27)3-2-10-29-23)39(36,37)38-17-8-11-28-12-9-17/h2-4,7-13,16,21H,5-6,14H2,1H3,(H,30,34). The van der Waals surface area contributed by atoms with Crippen LogP contribution in [0, 0.1) is 0 Å². The first-order valence-corrected chi connectivity index (χ1v) is 14.0. The molecule has 1 atom stereocenters. The zero-order valence-electron chi connectivity index (χ0n) is 20.5. The number of carbonyl (C=O) groups is 2. The van der Waals surface area contributed by atoms with Gasteiger partial charge in [-0.1, -0.05) is 23.2 Å². The minimum Gasteiger partial charge on any atom is -0.378 e. The van der Waals surface area contributed by atoms with Crippen LogP contribution in [0.25, 0.3) is 0 Å². The molecule has 0 bridgehead atoms. The van der Waals surface area contributed by atoms with Crippen LogP contribution in [0.4, 0.5) is 11.5 Å². The number of nitrogens with zero attached hydrogens (tertiary/aromatic N) is 5. The molecule has 5 rings (SSSR count). The van der Waals surface area contributed by atoms with Crippen molar-refractivity contribution < 1.29 is 22.2 Å². The van der Waals surface area contributed by atoms with Gasteiger partial charge in [-0.05, 0) is 43.2 Å². The van der Waals surface area contributed by atoms with Gasteiger partial charge in [-0.3, -0.25) is 14.6 Å². The molecule has 1 saturated carbocycles. The van der Waals surface area contributed by atoms with E-state index in [1.54, 1.807) is 24.1 Å². The smallest absolute Gasteiger partial charge is 0.354 e. The molecule has 3 heterocycles. The van der Waals surface area contributed by atoms with Crippen LogP contribution in [-0.4, -0.2) is 59.3 Å². The topological polar surface area (TPSA) is 134 Å². The van der Waals surface area contributed by atoms with E-state index in [2.05, 4.69) is 20.4 Å². The molecule has 14 heteroatoms. The van der Waals surface area contributed by atoms with Gasteiger partial charge >= 0.3 is 10.1 Å². The number of rotatable bonds is 7. The summed E-state index contributed by atoms with van der Waals surface area (Å²) < 4.78 is 31.3. The van der Waals surface area contributed by atoms with Crippen LogP contribution in [0.5, 0.6) is 5.75 Å². The van der Waals surface area contributed by atoms with Gasteiger partial charge in [-0.25, -0.2) is 9.99 Å². The number of carbonyl (C=O) groups excluding carboxylic acids is 2. The molecular weight excluding hydrogens is 567 g/mol. The van der Waals surface area contributed by atoms with Gasteiger partial charge in [0.05, 0.1) is 16.3 Å². The Balaban J connectivity index is 1.45. The molecule has 3 aromatic rings. The zero-order valence-corrected chi connectivity index (χ0v) is 22.8. The molecule has 1 aliphatic carbocycles. The van der Waals surface area contributed by atoms with Gasteiger partial charge in [0.15, 0.2) is 10.9 Å². The maximum atomic E-state index is 13.6. The predicted octanol–water partition coefficient (Wildman–Crippen LogP) is 3.96. The van der Waals surface area contributed by atoms with E-state index in [9.17, 15) is 18.0 Å². The van der Waals surface area contributed by atoms with E-state index in [-0.39, 0.29) is 46.2 Å². The fourth-order valence-electron chi connectivity index (χ4n) is 3.98. The van der Waals surface area contributed by atoms with Gasteiger partial charge < -0.3 is 14.4 Å². The third kappa shape index (κ3) is 5.82. The number of nitrogens with one attached hydrogen (secondary N) is 1. The van der Waals surface area contributed by atoms with Gasteiger partial charge in [0.2, 0.25) is 5.91 Å². The number of aromatic nitrogens is 2. The van der Waals surface area contributed by atoms with E-state index in [4.69, 9.17) is 27.4 Å². The Morgan fingerprint density at radius 3 is 2.54 bits per heavy atom. The maximum absolute atomic E-state index is 13.6. The Hall–Kier alpha value is -3.74. The van der Waals surface area contributed by atoms with Crippen molar-refractivity contribution in [3.63, 3.8) is 0 Å². The van der Waals surface area contributed by atoms with Crippen LogP contribution in [-0.2, 0) is 14.9 Å². The monoisotopic (exact) mass is 588 g/mol. The zero-order chi connectivity index (χ0) is 27.7. The molecule has 202 valence electrons. The summed E-state index contributed by atoms with van der Waals surface area (Å²) in [6.07, 6.45) is 5.66. The Morgan fingerprint density at radius 2 is 1.85 bits per heavy atom. The van der Waals surface area contributed by atoms with Gasteiger partial charge in [0.25, 0.3) is 5.91 Å². The van der Waals surface area contributed by atoms with Crippen molar-refractivity contribution in [2.45, 2.75) is 31.3 Å². The average molecular weight is 589 g/mol. The number of amides is 2. The Morgan fingerprint density at radius 1 is 1.10 bits per heavy atom. The second-order valence-corrected chi connectivity index (χ2v) is 11.3. The normalized spacial score (nSPS) is 16.9. The van der Waals surface area contributed by atoms with Gasteiger partial charge in [-0.15, -0.1) is 0 Å². The first kappa shape index (κ1) is 26.9. The summed E-state index contributed by atoms with van der Waals surface area (Å²) in [4.78, 5) is 36.4. The fraction of sp³-hybridized carbons (Fsp3) is 0.240. The van der Waals surface area contributed by atoms with Crippen molar-refractivity contribution >= 4 is 61.7 Å². The Labute approximate surface area is 234 Å². The highest BCUT2D eigenvalue weighted by molar-refractivity contribution is 8.02. The second kappa shape index (κ2) is 10.8. The quantitative estimate of drug-likeness (QED) is 0.410. The molecular formula is C25H22Cl2N6O5S. The molecule has 1 unspecified atom stereocenters. The first-order chi connectivity index (χ1) is 18.6. The lowest BCUT2D eigenvalue weighted by Crippen LogP contribution is -2.40. The van der Waals surface area contributed by atoms with E-state index in [1.807, 2.05) is 0 Å². The molecule has 1 N–H and O–H groups in total. The van der Waals surface area contributed by atoms with Gasteiger partial charge in [0.1, 0.15) is 11.8 Å². The highest BCUT2D eigenvalue weighted by atomic mass is 35.5. The van der Waals surface area contributed by atoms with E-state index in [0.717, 1.165) is 17.9 Å². The summed E-state index contributed by atoms with van der Waals surface area (Å²) >= 11 is 12.5. The lowest BCUT2D eigenvalue weighted by atomic mass is 10.1. The number of halogens is 2. The second-order valence-electron chi connectivity index (χ2n) is 8.91. The summed E-state index contributed by atoms with van der Waals surface area (Å²) in [5, 5.41) is 8.13. The molecule has 1 aliphatic heterocycles. The largest absolute Gasteiger partial charge is 0.378 e. The lowest BCUT2D eigenvalue weighted by Gasteiger charge is -2.23. The summed E-state index contributed by atoms with van der Waals surface area (Å²) in [6, 6.07) is 9.39.